The smallest absolute Gasteiger partial charge is 0.327 e. The van der Waals surface area contributed by atoms with Gasteiger partial charge in [-0.05, 0) is 11.6 Å². The molecule has 0 spiro atoms. The minimum atomic E-state index is -1.23. The van der Waals surface area contributed by atoms with E-state index < -0.39 is 42.5 Å². The van der Waals surface area contributed by atoms with Gasteiger partial charge in [-0.15, -0.1) is 0 Å². The monoisotopic (exact) mass is 394 g/mol. The van der Waals surface area contributed by atoms with Crippen LogP contribution in [0.1, 0.15) is 5.56 Å². The van der Waals surface area contributed by atoms with Crippen LogP contribution in [0.4, 0.5) is 0 Å². The summed E-state index contributed by atoms with van der Waals surface area (Å²) in [5.41, 5.74) is 7.13. The number of H-pyrrole nitrogens is 1. The number of aromatic amines is 1. The van der Waals surface area contributed by atoms with Gasteiger partial charge in [-0.1, -0.05) is 18.2 Å². The lowest BCUT2D eigenvalue weighted by atomic mass is 10.0. The number of aromatic nitrogens is 1. The quantitative estimate of drug-likeness (QED) is 0.271. The Hall–Kier alpha value is -2.56. The molecule has 1 aromatic carbocycles. The van der Waals surface area contributed by atoms with Gasteiger partial charge >= 0.3 is 5.97 Å². The zero-order valence-corrected chi connectivity index (χ0v) is 15.3. The number of fused-ring (bicyclic) bond motifs is 1. The SMILES string of the molecule is N[C@@H](CO)C(=O)N[C@@H](Cc1c[nH]c2ccccc12)C(=O)N[C@@H](CS)C(=O)O. The van der Waals surface area contributed by atoms with E-state index in [2.05, 4.69) is 28.2 Å². The van der Waals surface area contributed by atoms with Gasteiger partial charge in [0.05, 0.1) is 6.61 Å². The second kappa shape index (κ2) is 9.40. The number of benzene rings is 1. The Morgan fingerprint density at radius 3 is 2.44 bits per heavy atom. The zero-order valence-electron chi connectivity index (χ0n) is 14.4. The van der Waals surface area contributed by atoms with E-state index in [1.54, 1.807) is 6.20 Å². The number of aliphatic hydroxyl groups excluding tert-OH is 1. The Labute approximate surface area is 160 Å². The van der Waals surface area contributed by atoms with E-state index in [0.29, 0.717) is 0 Å². The number of nitrogens with two attached hydrogens (primary N) is 1. The van der Waals surface area contributed by atoms with Crippen LogP contribution in [-0.2, 0) is 20.8 Å². The molecule has 0 aliphatic heterocycles. The summed E-state index contributed by atoms with van der Waals surface area (Å²) in [7, 11) is 0. The van der Waals surface area contributed by atoms with Crippen LogP contribution in [0.2, 0.25) is 0 Å². The number of hydrogen-bond acceptors (Lipinski definition) is 6. The minimum Gasteiger partial charge on any atom is -0.480 e. The molecule has 0 saturated carbocycles. The van der Waals surface area contributed by atoms with E-state index in [0.717, 1.165) is 16.5 Å². The highest BCUT2D eigenvalue weighted by molar-refractivity contribution is 7.80. The van der Waals surface area contributed by atoms with Crippen LogP contribution in [0.5, 0.6) is 0 Å². The fraction of sp³-hybridized carbons (Fsp3) is 0.353. The number of para-hydroxylation sites is 1. The highest BCUT2D eigenvalue weighted by Gasteiger charge is 2.28. The molecule has 2 amide bonds. The van der Waals surface area contributed by atoms with Crippen molar-refractivity contribution in [3.8, 4) is 0 Å². The van der Waals surface area contributed by atoms with Crippen LogP contribution in [0, 0.1) is 0 Å². The molecule has 146 valence electrons. The lowest BCUT2D eigenvalue weighted by molar-refractivity contribution is -0.141. The van der Waals surface area contributed by atoms with Crippen LogP contribution in [0.25, 0.3) is 10.9 Å². The Morgan fingerprint density at radius 1 is 1.15 bits per heavy atom. The van der Waals surface area contributed by atoms with Gasteiger partial charge in [0.2, 0.25) is 11.8 Å². The molecule has 0 bridgehead atoms. The van der Waals surface area contributed by atoms with Crippen LogP contribution < -0.4 is 16.4 Å². The van der Waals surface area contributed by atoms with Crippen LogP contribution >= 0.6 is 12.6 Å². The van der Waals surface area contributed by atoms with E-state index in [-0.39, 0.29) is 12.2 Å². The molecule has 1 heterocycles. The first-order valence-electron chi connectivity index (χ1n) is 8.23. The fourth-order valence-electron chi connectivity index (χ4n) is 2.55. The van der Waals surface area contributed by atoms with E-state index >= 15 is 0 Å². The summed E-state index contributed by atoms with van der Waals surface area (Å²) in [6.45, 7) is -0.582. The summed E-state index contributed by atoms with van der Waals surface area (Å²) < 4.78 is 0. The first-order valence-corrected chi connectivity index (χ1v) is 8.86. The van der Waals surface area contributed by atoms with Gasteiger partial charge in [0.25, 0.3) is 0 Å². The van der Waals surface area contributed by atoms with Crippen molar-refractivity contribution in [1.82, 2.24) is 15.6 Å². The third-order valence-electron chi connectivity index (χ3n) is 4.06. The highest BCUT2D eigenvalue weighted by Crippen LogP contribution is 2.19. The van der Waals surface area contributed by atoms with Crippen LogP contribution in [-0.4, -0.2) is 63.5 Å². The summed E-state index contributed by atoms with van der Waals surface area (Å²) in [6, 6.07) is 3.98. The van der Waals surface area contributed by atoms with E-state index in [4.69, 9.17) is 15.9 Å². The predicted octanol–water partition coefficient (Wildman–Crippen LogP) is -0.986. The molecule has 3 atom stereocenters. The summed E-state index contributed by atoms with van der Waals surface area (Å²) in [5, 5.41) is 23.8. The summed E-state index contributed by atoms with van der Waals surface area (Å²) in [6.07, 6.45) is 1.83. The van der Waals surface area contributed by atoms with Gasteiger partial charge in [-0.25, -0.2) is 4.79 Å². The number of rotatable bonds is 9. The summed E-state index contributed by atoms with van der Waals surface area (Å²) >= 11 is 3.91. The number of amides is 2. The molecule has 0 fully saturated rings. The number of aliphatic carboxylic acids is 1. The van der Waals surface area contributed by atoms with Gasteiger partial charge in [0.1, 0.15) is 18.1 Å². The molecule has 0 aliphatic carbocycles. The summed E-state index contributed by atoms with van der Waals surface area (Å²) in [5.74, 6) is -2.73. The first-order chi connectivity index (χ1) is 12.9. The maximum absolute atomic E-state index is 12.6. The van der Waals surface area contributed by atoms with Crippen molar-refractivity contribution in [1.29, 1.82) is 0 Å². The average Bonchev–Trinajstić information content (AvgIpc) is 3.07. The lowest BCUT2D eigenvalue weighted by Gasteiger charge is -2.22. The molecule has 10 heteroatoms. The van der Waals surface area contributed by atoms with Crippen molar-refractivity contribution in [2.75, 3.05) is 12.4 Å². The molecule has 9 nitrogen and oxygen atoms in total. The van der Waals surface area contributed by atoms with Crippen LogP contribution in [0.15, 0.2) is 30.5 Å². The first kappa shape index (κ1) is 20.7. The van der Waals surface area contributed by atoms with Crippen molar-refractivity contribution < 1.29 is 24.6 Å². The molecule has 0 radical (unpaired) electrons. The molecule has 1 aromatic heterocycles. The third kappa shape index (κ3) is 5.22. The molecule has 0 saturated heterocycles. The van der Waals surface area contributed by atoms with Crippen molar-refractivity contribution in [3.05, 3.63) is 36.0 Å². The van der Waals surface area contributed by atoms with Gasteiger partial charge in [0.15, 0.2) is 0 Å². The molecule has 27 heavy (non-hydrogen) atoms. The molecular weight excluding hydrogens is 372 g/mol. The largest absolute Gasteiger partial charge is 0.480 e. The van der Waals surface area contributed by atoms with Crippen molar-refractivity contribution >= 4 is 41.3 Å². The van der Waals surface area contributed by atoms with Crippen molar-refractivity contribution in [2.24, 2.45) is 5.73 Å². The van der Waals surface area contributed by atoms with Gasteiger partial charge in [0, 0.05) is 29.3 Å². The maximum Gasteiger partial charge on any atom is 0.327 e. The lowest BCUT2D eigenvalue weighted by Crippen LogP contribution is -2.56. The normalized spacial score (nSPS) is 14.3. The third-order valence-corrected chi connectivity index (χ3v) is 4.43. The Morgan fingerprint density at radius 2 is 1.81 bits per heavy atom. The van der Waals surface area contributed by atoms with E-state index in [9.17, 15) is 14.4 Å². The molecule has 0 aliphatic rings. The minimum absolute atomic E-state index is 0.106. The van der Waals surface area contributed by atoms with Gasteiger partial charge in [-0.3, -0.25) is 9.59 Å². The standard InChI is InChI=1S/C17H22N4O5S/c18-11(7-22)15(23)20-13(16(24)21-14(8-27)17(25)26)5-9-6-19-12-4-2-1-3-10(9)12/h1-4,6,11,13-14,19,22,27H,5,7-8,18H2,(H,20,23)(H,21,24)(H,25,26)/t11-,13-,14-/m0/s1. The number of hydrogen-bond donors (Lipinski definition) is 7. The van der Waals surface area contributed by atoms with E-state index in [1.807, 2.05) is 24.3 Å². The van der Waals surface area contributed by atoms with E-state index in [1.165, 1.54) is 0 Å². The number of carboxylic acid groups (broad SMARTS) is 1. The molecular formula is C17H22N4O5S. The molecule has 2 rings (SSSR count). The average molecular weight is 394 g/mol. The predicted molar refractivity (Wildman–Crippen MR) is 102 cm³/mol. The fourth-order valence-corrected chi connectivity index (χ4v) is 2.80. The number of nitrogens with one attached hydrogen (secondary N) is 3. The van der Waals surface area contributed by atoms with Gasteiger partial charge in [-0.2, -0.15) is 12.6 Å². The topological polar surface area (TPSA) is 158 Å². The molecule has 0 unspecified atom stereocenters. The number of carboxylic acids is 1. The second-order valence-electron chi connectivity index (χ2n) is 6.00. The summed E-state index contributed by atoms with van der Waals surface area (Å²) in [4.78, 5) is 38.9. The number of thiol groups is 1. The number of carbonyl (C=O) groups excluding carboxylic acids is 2. The number of aliphatic hydroxyl groups is 1. The highest BCUT2D eigenvalue weighted by atomic mass is 32.1. The zero-order chi connectivity index (χ0) is 20.0. The van der Waals surface area contributed by atoms with Crippen molar-refractivity contribution in [3.63, 3.8) is 0 Å². The number of carbonyl (C=O) groups is 3. The Kier molecular flexibility index (Phi) is 7.22. The second-order valence-corrected chi connectivity index (χ2v) is 6.36. The van der Waals surface area contributed by atoms with Gasteiger partial charge < -0.3 is 31.6 Å². The van der Waals surface area contributed by atoms with Crippen LogP contribution in [0.3, 0.4) is 0 Å². The van der Waals surface area contributed by atoms with Crippen molar-refractivity contribution in [2.45, 2.75) is 24.5 Å². The molecule has 7 N–H and O–H groups in total. The Bertz CT molecular complexity index is 825. The Balaban J connectivity index is 2.24. The molecule has 2 aromatic rings. The maximum atomic E-state index is 12.6.